The van der Waals surface area contributed by atoms with Crippen molar-refractivity contribution in [3.63, 3.8) is 0 Å². The van der Waals surface area contributed by atoms with E-state index >= 15 is 0 Å². The molecule has 3 rings (SSSR count). The Kier molecular flexibility index (Phi) is 21.0. The van der Waals surface area contributed by atoms with Gasteiger partial charge in [-0.05, 0) is 61.2 Å². The number of nitrogens with zero attached hydrogens (tertiary/aromatic N) is 1. The van der Waals surface area contributed by atoms with E-state index in [0.717, 1.165) is 55.9 Å². The zero-order valence-corrected chi connectivity index (χ0v) is 22.2. The molecule has 34 heavy (non-hydrogen) atoms. The predicted molar refractivity (Wildman–Crippen MR) is 144 cm³/mol. The molecule has 1 saturated heterocycles. The summed E-state index contributed by atoms with van der Waals surface area (Å²) in [6, 6.07) is 15.6. The molecule has 0 aliphatic carbocycles. The van der Waals surface area contributed by atoms with Crippen molar-refractivity contribution >= 4 is 30.9 Å². The van der Waals surface area contributed by atoms with Crippen molar-refractivity contribution in [2.45, 2.75) is 52.6 Å². The van der Waals surface area contributed by atoms with Crippen LogP contribution in [0.15, 0.2) is 48.5 Å². The third-order valence-corrected chi connectivity index (χ3v) is 5.35. The number of piperidine rings is 1. The number of carbonyl (C=O) groups is 2. The average Bonchev–Trinajstić information content (AvgIpc) is 2.93. The van der Waals surface area contributed by atoms with Crippen LogP contribution in [0.5, 0.6) is 5.75 Å². The summed E-state index contributed by atoms with van der Waals surface area (Å²) in [5.41, 5.74) is 1.32. The molecule has 1 aliphatic heterocycles. The second-order valence-corrected chi connectivity index (χ2v) is 7.29. The molecule has 1 aliphatic rings. The first-order chi connectivity index (χ1) is 16.6. The van der Waals surface area contributed by atoms with Gasteiger partial charge in [-0.15, -0.1) is 0 Å². The van der Waals surface area contributed by atoms with Gasteiger partial charge >= 0.3 is 0 Å². The second-order valence-electron chi connectivity index (χ2n) is 6.86. The Labute approximate surface area is 211 Å². The largest absolute Gasteiger partial charge is 0.494 e. The molecule has 2 aromatic carbocycles. The van der Waals surface area contributed by atoms with Gasteiger partial charge in [0.2, 0.25) is 0 Å². The highest BCUT2D eigenvalue weighted by Gasteiger charge is 2.33. The van der Waals surface area contributed by atoms with Crippen LogP contribution in [-0.4, -0.2) is 56.9 Å². The molecule has 2 aromatic rings. The molecule has 192 valence electrons. The summed E-state index contributed by atoms with van der Waals surface area (Å²) in [5, 5.41) is 14.7. The lowest BCUT2D eigenvalue weighted by Gasteiger charge is -2.38. The molecule has 0 radical (unpaired) electrons. The maximum atomic E-state index is 10.9. The lowest BCUT2D eigenvalue weighted by atomic mass is 9.84. The molecule has 0 amide bonds. The van der Waals surface area contributed by atoms with E-state index in [1.807, 2.05) is 96.9 Å². The van der Waals surface area contributed by atoms with E-state index < -0.39 is 5.60 Å². The number of benzene rings is 2. The first kappa shape index (κ1) is 33.8. The number of rotatable bonds is 7. The predicted octanol–water partition coefficient (Wildman–Crippen LogP) is 5.82. The molecule has 0 atom stereocenters. The van der Waals surface area contributed by atoms with Crippen molar-refractivity contribution in [1.29, 1.82) is 0 Å². The highest BCUT2D eigenvalue weighted by atomic mass is 35.5. The fourth-order valence-corrected chi connectivity index (χ4v) is 3.52. The van der Waals surface area contributed by atoms with Crippen LogP contribution >= 0.6 is 11.6 Å². The van der Waals surface area contributed by atoms with Gasteiger partial charge in [-0.1, -0.05) is 51.4 Å². The number of ether oxygens (including phenoxy) is 1. The molecule has 0 spiro atoms. The third kappa shape index (κ3) is 12.2. The second kappa shape index (κ2) is 21.1. The van der Waals surface area contributed by atoms with Gasteiger partial charge in [0.1, 0.15) is 19.3 Å². The van der Waals surface area contributed by atoms with Crippen LogP contribution < -0.4 is 10.1 Å². The summed E-state index contributed by atoms with van der Waals surface area (Å²) < 4.78 is 5.80. The number of aliphatic hydroxyl groups is 1. The van der Waals surface area contributed by atoms with Gasteiger partial charge in [0.25, 0.3) is 0 Å². The molecule has 0 saturated carbocycles. The molecule has 7 heteroatoms. The van der Waals surface area contributed by atoms with Crippen LogP contribution in [0.1, 0.15) is 52.5 Å². The quantitative estimate of drug-likeness (QED) is 0.472. The number of nitrogens with one attached hydrogen (secondary N) is 1. The number of hydrogen-bond acceptors (Lipinski definition) is 6. The SMILES string of the molecule is C=O.C=O.CC.CC.CNc1ccc(OCCCN2CCC(O)(c3ccc(Cl)cc3)CC2)cc1. The average molecular weight is 495 g/mol. The van der Waals surface area contributed by atoms with E-state index in [1.165, 1.54) is 0 Å². The highest BCUT2D eigenvalue weighted by molar-refractivity contribution is 6.30. The first-order valence-corrected chi connectivity index (χ1v) is 12.2. The minimum atomic E-state index is -0.730. The fourth-order valence-electron chi connectivity index (χ4n) is 3.39. The number of hydrogen-bond donors (Lipinski definition) is 2. The van der Waals surface area contributed by atoms with Gasteiger partial charge in [0.15, 0.2) is 0 Å². The molecule has 0 bridgehead atoms. The first-order valence-electron chi connectivity index (χ1n) is 11.8. The molecule has 0 aromatic heterocycles. The van der Waals surface area contributed by atoms with Gasteiger partial charge in [0, 0.05) is 37.4 Å². The summed E-state index contributed by atoms with van der Waals surface area (Å²) >= 11 is 5.94. The standard InChI is InChI=1S/C21H27ClN2O2.2C2H6.2CH2O/c1-23-19-7-9-20(10-8-19)26-16-2-13-24-14-11-21(25,12-15-24)17-3-5-18(22)6-4-17;4*1-2/h3-10,23,25H,2,11-16H2,1H3;2*1-2H3;2*1H2. The topological polar surface area (TPSA) is 78.9 Å². The third-order valence-electron chi connectivity index (χ3n) is 5.10. The zero-order valence-electron chi connectivity index (χ0n) is 21.5. The van der Waals surface area contributed by atoms with Gasteiger partial charge < -0.3 is 29.6 Å². The zero-order chi connectivity index (χ0) is 26.4. The van der Waals surface area contributed by atoms with E-state index in [9.17, 15) is 5.11 Å². The van der Waals surface area contributed by atoms with E-state index in [0.29, 0.717) is 11.6 Å². The summed E-state index contributed by atoms with van der Waals surface area (Å²) in [6.07, 6.45) is 2.48. The maximum absolute atomic E-state index is 10.9. The molecule has 2 N–H and O–H groups in total. The highest BCUT2D eigenvalue weighted by Crippen LogP contribution is 2.33. The molecule has 1 fully saturated rings. The van der Waals surface area contributed by atoms with E-state index in [4.69, 9.17) is 25.9 Å². The number of likely N-dealkylation sites (tertiary alicyclic amines) is 1. The Morgan fingerprint density at radius 2 is 1.44 bits per heavy atom. The summed E-state index contributed by atoms with van der Waals surface area (Å²) in [5.74, 6) is 0.903. The fraction of sp³-hybridized carbons (Fsp3) is 0.481. The van der Waals surface area contributed by atoms with E-state index in [1.54, 1.807) is 0 Å². The Balaban J connectivity index is 0. The Bertz CT molecular complexity index is 716. The lowest BCUT2D eigenvalue weighted by Crippen LogP contribution is -2.43. The normalized spacial score (nSPS) is 13.6. The number of carbonyl (C=O) groups excluding carboxylic acids is 2. The van der Waals surface area contributed by atoms with Crippen LogP contribution in [-0.2, 0) is 15.2 Å². The van der Waals surface area contributed by atoms with Gasteiger partial charge in [0.05, 0.1) is 12.2 Å². The van der Waals surface area contributed by atoms with Crippen molar-refractivity contribution in [2.24, 2.45) is 0 Å². The summed E-state index contributed by atoms with van der Waals surface area (Å²) in [6.45, 7) is 15.5. The van der Waals surface area contributed by atoms with Crippen molar-refractivity contribution in [1.82, 2.24) is 4.90 Å². The van der Waals surface area contributed by atoms with Crippen molar-refractivity contribution in [3.05, 3.63) is 59.1 Å². The molecular formula is C27H43ClN2O4. The summed E-state index contributed by atoms with van der Waals surface area (Å²) in [4.78, 5) is 18.4. The van der Waals surface area contributed by atoms with Crippen LogP contribution in [0.25, 0.3) is 0 Å². The molecular weight excluding hydrogens is 452 g/mol. The van der Waals surface area contributed by atoms with Crippen LogP contribution in [0.4, 0.5) is 5.69 Å². The Morgan fingerprint density at radius 3 is 1.91 bits per heavy atom. The summed E-state index contributed by atoms with van der Waals surface area (Å²) in [7, 11) is 1.91. The van der Waals surface area contributed by atoms with Gasteiger partial charge in [-0.3, -0.25) is 0 Å². The molecule has 0 unspecified atom stereocenters. The van der Waals surface area contributed by atoms with Crippen molar-refractivity contribution < 1.29 is 19.4 Å². The van der Waals surface area contributed by atoms with Crippen LogP contribution in [0, 0.1) is 0 Å². The monoisotopic (exact) mass is 494 g/mol. The number of halogens is 1. The lowest BCUT2D eigenvalue weighted by molar-refractivity contribution is -0.0987. The van der Waals surface area contributed by atoms with E-state index in [2.05, 4.69) is 10.2 Å². The van der Waals surface area contributed by atoms with Gasteiger partial charge in [-0.2, -0.15) is 0 Å². The van der Waals surface area contributed by atoms with Crippen LogP contribution in [0.2, 0.25) is 5.02 Å². The van der Waals surface area contributed by atoms with Crippen molar-refractivity contribution in [3.8, 4) is 5.75 Å². The smallest absolute Gasteiger partial charge is 0.119 e. The Morgan fingerprint density at radius 1 is 0.941 bits per heavy atom. The maximum Gasteiger partial charge on any atom is 0.119 e. The van der Waals surface area contributed by atoms with Gasteiger partial charge in [-0.25, -0.2) is 0 Å². The molecule has 6 nitrogen and oxygen atoms in total. The minimum Gasteiger partial charge on any atom is -0.494 e. The van der Waals surface area contributed by atoms with Crippen LogP contribution in [0.3, 0.4) is 0 Å². The van der Waals surface area contributed by atoms with E-state index in [-0.39, 0.29) is 0 Å². The number of anilines is 1. The molecule has 1 heterocycles. The van der Waals surface area contributed by atoms with Crippen molar-refractivity contribution in [2.75, 3.05) is 38.6 Å². The minimum absolute atomic E-state index is 0.704. The Hall–Kier alpha value is -2.41.